The Morgan fingerprint density at radius 1 is 1.12 bits per heavy atom. The van der Waals surface area contributed by atoms with E-state index in [1.807, 2.05) is 6.92 Å². The first-order valence-electron chi connectivity index (χ1n) is 13.1. The number of Topliss-reactive ketones (excluding diaryl/α,β-unsaturated/α-hetero) is 1. The minimum Gasteiger partial charge on any atom is -0.507 e. The molecule has 4 aliphatic rings. The molecule has 1 saturated heterocycles. The molecule has 3 N–H and O–H groups in total. The van der Waals surface area contributed by atoms with Crippen LogP contribution in [0.3, 0.4) is 0 Å². The summed E-state index contributed by atoms with van der Waals surface area (Å²) < 4.78 is 23.3. The van der Waals surface area contributed by atoms with E-state index in [0.29, 0.717) is 12.3 Å². The first kappa shape index (κ1) is 26.4. The molecule has 1 fully saturated rings. The van der Waals surface area contributed by atoms with Crippen LogP contribution in [0.1, 0.15) is 82.7 Å². The second kappa shape index (κ2) is 9.12. The van der Waals surface area contributed by atoms with Crippen LogP contribution in [0.15, 0.2) is 23.2 Å². The molecule has 2 heterocycles. The van der Waals surface area contributed by atoms with Gasteiger partial charge < -0.3 is 34.3 Å². The summed E-state index contributed by atoms with van der Waals surface area (Å²) in [6, 6.07) is 4.26. The SMILES string of the molecule is COc1cccc2c1C(=O)c1c(O)c3c(c(O)c1C2=O)C[C@@](O)(C(C)=O)C[C@@H]3O[C@H]1CC2N=C(C)OC2[C@H](C)O1. The number of phenols is 2. The monoisotopic (exact) mass is 551 g/mol. The molecule has 0 bridgehead atoms. The maximum atomic E-state index is 13.7. The number of carbonyl (C=O) groups is 3. The maximum absolute atomic E-state index is 13.7. The number of ketones is 3. The fourth-order valence-corrected chi connectivity index (χ4v) is 6.35. The molecule has 11 heteroatoms. The van der Waals surface area contributed by atoms with Gasteiger partial charge in [-0.15, -0.1) is 0 Å². The van der Waals surface area contributed by atoms with Gasteiger partial charge in [0.25, 0.3) is 0 Å². The smallest absolute Gasteiger partial charge is 0.202 e. The van der Waals surface area contributed by atoms with E-state index in [0.717, 1.165) is 0 Å². The summed E-state index contributed by atoms with van der Waals surface area (Å²) in [5.41, 5.74) is -2.80. The zero-order valence-corrected chi connectivity index (χ0v) is 22.4. The van der Waals surface area contributed by atoms with Crippen molar-refractivity contribution in [2.75, 3.05) is 7.11 Å². The van der Waals surface area contributed by atoms with Gasteiger partial charge in [-0.1, -0.05) is 12.1 Å². The summed E-state index contributed by atoms with van der Waals surface area (Å²) in [4.78, 5) is 44.4. The minimum atomic E-state index is -1.97. The average Bonchev–Trinajstić information content (AvgIpc) is 3.29. The average molecular weight is 552 g/mol. The van der Waals surface area contributed by atoms with Crippen molar-refractivity contribution in [2.24, 2.45) is 4.99 Å². The van der Waals surface area contributed by atoms with Crippen molar-refractivity contribution in [3.05, 3.63) is 51.6 Å². The number of carbonyl (C=O) groups excluding carboxylic acids is 3. The zero-order chi connectivity index (χ0) is 28.7. The van der Waals surface area contributed by atoms with Crippen molar-refractivity contribution in [1.82, 2.24) is 0 Å². The van der Waals surface area contributed by atoms with Crippen LogP contribution in [0.5, 0.6) is 17.2 Å². The molecule has 2 aromatic carbocycles. The number of phenolic OH excluding ortho intramolecular Hbond substituents is 2. The van der Waals surface area contributed by atoms with Gasteiger partial charge in [0.05, 0.1) is 42.0 Å². The first-order chi connectivity index (χ1) is 18.9. The number of hydrogen-bond donors (Lipinski definition) is 3. The minimum absolute atomic E-state index is 0.00529. The summed E-state index contributed by atoms with van der Waals surface area (Å²) in [7, 11) is 1.36. The molecule has 0 saturated carbocycles. The number of methoxy groups -OCH3 is 1. The van der Waals surface area contributed by atoms with E-state index < -0.39 is 58.5 Å². The molecule has 2 aromatic rings. The van der Waals surface area contributed by atoms with Crippen LogP contribution in [0.25, 0.3) is 0 Å². The lowest BCUT2D eigenvalue weighted by molar-refractivity contribution is -0.242. The number of fused-ring (bicyclic) bond motifs is 4. The van der Waals surface area contributed by atoms with Crippen molar-refractivity contribution in [1.29, 1.82) is 0 Å². The van der Waals surface area contributed by atoms with Crippen LogP contribution < -0.4 is 4.74 Å². The van der Waals surface area contributed by atoms with Gasteiger partial charge >= 0.3 is 0 Å². The molecule has 2 unspecified atom stereocenters. The molecular formula is C29H29NO10. The van der Waals surface area contributed by atoms with E-state index in [4.69, 9.17) is 18.9 Å². The number of ether oxygens (including phenoxy) is 4. The molecule has 0 aromatic heterocycles. The molecule has 0 spiro atoms. The molecule has 0 radical (unpaired) electrons. The van der Waals surface area contributed by atoms with Crippen molar-refractivity contribution < 1.29 is 48.7 Å². The number of aromatic hydroxyl groups is 2. The summed E-state index contributed by atoms with van der Waals surface area (Å²) in [5, 5.41) is 34.3. The number of aliphatic hydroxyl groups is 1. The lowest BCUT2D eigenvalue weighted by Gasteiger charge is -2.41. The van der Waals surface area contributed by atoms with E-state index in [1.165, 1.54) is 32.2 Å². The molecule has 40 heavy (non-hydrogen) atoms. The zero-order valence-electron chi connectivity index (χ0n) is 22.4. The van der Waals surface area contributed by atoms with Gasteiger partial charge in [0.2, 0.25) is 5.78 Å². The molecular weight excluding hydrogens is 522 g/mol. The summed E-state index contributed by atoms with van der Waals surface area (Å²) >= 11 is 0. The quantitative estimate of drug-likeness (QED) is 0.411. The molecule has 11 nitrogen and oxygen atoms in total. The Kier molecular flexibility index (Phi) is 6.02. The predicted octanol–water partition coefficient (Wildman–Crippen LogP) is 2.53. The third-order valence-electron chi connectivity index (χ3n) is 8.34. The van der Waals surface area contributed by atoms with Gasteiger partial charge in [-0.05, 0) is 19.9 Å². The van der Waals surface area contributed by atoms with Crippen LogP contribution in [0.2, 0.25) is 0 Å². The highest BCUT2D eigenvalue weighted by atomic mass is 16.7. The highest BCUT2D eigenvalue weighted by Crippen LogP contribution is 2.52. The first-order valence-corrected chi connectivity index (χ1v) is 13.1. The second-order valence-electron chi connectivity index (χ2n) is 10.8. The number of hydrogen-bond acceptors (Lipinski definition) is 11. The standard InChI is InChI=1S/C29H29NO10/c1-11-28-16(30-13(3)39-28)8-19(38-11)40-18-10-29(36,12(2)31)9-15-21(18)27(35)23-22(25(15)33)24(32)14-6-5-7-17(37-4)20(14)26(23)34/h5-7,11,16,18-19,28,33,35-36H,8-10H2,1-4H3/t11-,16?,18-,19-,28?,29-/m0/s1. The van der Waals surface area contributed by atoms with Crippen LogP contribution in [0, 0.1) is 0 Å². The fourth-order valence-electron chi connectivity index (χ4n) is 6.35. The van der Waals surface area contributed by atoms with E-state index in [2.05, 4.69) is 4.99 Å². The summed E-state index contributed by atoms with van der Waals surface area (Å²) in [6.07, 6.45) is -3.07. The van der Waals surface area contributed by atoms with Crippen molar-refractivity contribution in [2.45, 2.75) is 76.3 Å². The lowest BCUT2D eigenvalue weighted by atomic mass is 9.72. The van der Waals surface area contributed by atoms with Crippen LogP contribution in [-0.4, -0.2) is 75.8 Å². The normalized spacial score (nSPS) is 30.4. The number of rotatable bonds is 4. The van der Waals surface area contributed by atoms with Crippen LogP contribution in [0.4, 0.5) is 0 Å². The van der Waals surface area contributed by atoms with E-state index in [9.17, 15) is 29.7 Å². The third-order valence-corrected chi connectivity index (χ3v) is 8.34. The van der Waals surface area contributed by atoms with Crippen molar-refractivity contribution in [3.63, 3.8) is 0 Å². The number of aliphatic imine (C=N–C) groups is 1. The molecule has 6 rings (SSSR count). The van der Waals surface area contributed by atoms with Gasteiger partial charge in [0, 0.05) is 42.9 Å². The van der Waals surface area contributed by atoms with Gasteiger partial charge in [-0.3, -0.25) is 14.4 Å². The Balaban J connectivity index is 1.48. The van der Waals surface area contributed by atoms with Crippen LogP contribution in [-0.2, 0) is 25.4 Å². The highest BCUT2D eigenvalue weighted by molar-refractivity contribution is 6.31. The van der Waals surface area contributed by atoms with Gasteiger partial charge in [0.1, 0.15) is 29.0 Å². The Morgan fingerprint density at radius 3 is 2.55 bits per heavy atom. The summed E-state index contributed by atoms with van der Waals surface area (Å²) in [6.45, 7) is 4.78. The van der Waals surface area contributed by atoms with Crippen molar-refractivity contribution >= 4 is 23.2 Å². The molecule has 2 aliphatic carbocycles. The lowest BCUT2D eigenvalue weighted by Crippen LogP contribution is -2.48. The third kappa shape index (κ3) is 3.75. The van der Waals surface area contributed by atoms with Crippen LogP contribution >= 0.6 is 0 Å². The number of nitrogens with zero attached hydrogens (tertiary/aromatic N) is 1. The second-order valence-corrected chi connectivity index (χ2v) is 10.8. The van der Waals surface area contributed by atoms with Gasteiger partial charge in [0.15, 0.2) is 23.8 Å². The fraction of sp³-hybridized carbons (Fsp3) is 0.448. The molecule has 210 valence electrons. The van der Waals surface area contributed by atoms with Gasteiger partial charge in [-0.25, -0.2) is 4.99 Å². The predicted molar refractivity (Wildman–Crippen MR) is 138 cm³/mol. The Labute approximate surface area is 229 Å². The molecule has 6 atom stereocenters. The topological polar surface area (TPSA) is 161 Å². The summed E-state index contributed by atoms with van der Waals surface area (Å²) in [5.74, 6) is -2.46. The Bertz CT molecular complexity index is 1510. The molecule has 0 amide bonds. The Hall–Kier alpha value is -3.80. The number of benzene rings is 2. The highest BCUT2D eigenvalue weighted by Gasteiger charge is 2.50. The van der Waals surface area contributed by atoms with E-state index in [-0.39, 0.29) is 58.6 Å². The van der Waals surface area contributed by atoms with Gasteiger partial charge in [-0.2, -0.15) is 0 Å². The molecule has 2 aliphatic heterocycles. The largest absolute Gasteiger partial charge is 0.507 e. The van der Waals surface area contributed by atoms with Crippen molar-refractivity contribution in [3.8, 4) is 17.2 Å². The van der Waals surface area contributed by atoms with E-state index >= 15 is 0 Å². The van der Waals surface area contributed by atoms with E-state index in [1.54, 1.807) is 6.92 Å². The maximum Gasteiger partial charge on any atom is 0.202 e. The Morgan fingerprint density at radius 2 is 1.85 bits per heavy atom.